The Morgan fingerprint density at radius 3 is 1.17 bits per heavy atom. The highest BCUT2D eigenvalue weighted by atomic mass is 15.2. The van der Waals surface area contributed by atoms with E-state index in [0.717, 1.165) is 28.4 Å². The van der Waals surface area contributed by atoms with Crippen molar-refractivity contribution in [1.82, 2.24) is 5.32 Å². The third-order valence-electron chi connectivity index (χ3n) is 9.30. The van der Waals surface area contributed by atoms with Gasteiger partial charge in [0.2, 0.25) is 0 Å². The van der Waals surface area contributed by atoms with Crippen LogP contribution in [0.3, 0.4) is 0 Å². The van der Waals surface area contributed by atoms with Crippen molar-refractivity contribution in [1.29, 1.82) is 0 Å². The van der Waals surface area contributed by atoms with E-state index >= 15 is 0 Å². The molecule has 226 valence electrons. The smallest absolute Gasteiger partial charge is 0.169 e. The van der Waals surface area contributed by atoms with Crippen molar-refractivity contribution in [2.24, 2.45) is 9.98 Å². The Balaban J connectivity index is 1.07. The Kier molecular flexibility index (Phi) is 6.87. The van der Waals surface area contributed by atoms with Crippen LogP contribution >= 0.6 is 0 Å². The van der Waals surface area contributed by atoms with Crippen LogP contribution in [0.25, 0.3) is 54.6 Å². The molecule has 9 rings (SSSR count). The van der Waals surface area contributed by atoms with Crippen molar-refractivity contribution in [3.63, 3.8) is 0 Å². The van der Waals surface area contributed by atoms with Gasteiger partial charge in [-0.05, 0) is 78.3 Å². The van der Waals surface area contributed by atoms with Gasteiger partial charge in [0.15, 0.2) is 6.17 Å². The lowest BCUT2D eigenvalue weighted by atomic mass is 9.99. The van der Waals surface area contributed by atoms with E-state index in [0.29, 0.717) is 0 Å². The summed E-state index contributed by atoms with van der Waals surface area (Å²) in [6, 6.07) is 62.5. The predicted molar refractivity (Wildman–Crippen MR) is 202 cm³/mol. The van der Waals surface area contributed by atoms with Crippen LogP contribution < -0.4 is 5.32 Å². The van der Waals surface area contributed by atoms with Crippen LogP contribution in [0.2, 0.25) is 0 Å². The minimum atomic E-state index is -0.381. The van der Waals surface area contributed by atoms with Gasteiger partial charge in [-0.3, -0.25) is 0 Å². The molecule has 0 radical (unpaired) electrons. The maximum Gasteiger partial charge on any atom is 0.169 e. The monoisotopic (exact) mass is 613 g/mol. The minimum absolute atomic E-state index is 0.381. The van der Waals surface area contributed by atoms with Gasteiger partial charge in [-0.1, -0.05) is 158 Å². The van der Waals surface area contributed by atoms with Crippen molar-refractivity contribution in [2.45, 2.75) is 6.17 Å². The van der Waals surface area contributed by atoms with Gasteiger partial charge >= 0.3 is 0 Å². The summed E-state index contributed by atoms with van der Waals surface area (Å²) in [5.74, 6) is 1.62. The van der Waals surface area contributed by atoms with Gasteiger partial charge in [-0.15, -0.1) is 0 Å². The molecule has 0 amide bonds. The van der Waals surface area contributed by atoms with E-state index in [2.05, 4.69) is 181 Å². The average Bonchev–Trinajstić information content (AvgIpc) is 3.17. The highest BCUT2D eigenvalue weighted by Gasteiger charge is 2.21. The number of hydrogen-bond donors (Lipinski definition) is 1. The fourth-order valence-corrected chi connectivity index (χ4v) is 6.64. The van der Waals surface area contributed by atoms with Gasteiger partial charge in [0, 0.05) is 11.1 Å². The van der Waals surface area contributed by atoms with E-state index in [-0.39, 0.29) is 6.17 Å². The van der Waals surface area contributed by atoms with E-state index in [1.807, 2.05) is 0 Å². The van der Waals surface area contributed by atoms with Crippen molar-refractivity contribution < 1.29 is 0 Å². The Morgan fingerprint density at radius 2 is 0.667 bits per heavy atom. The summed E-state index contributed by atoms with van der Waals surface area (Å²) >= 11 is 0. The molecule has 48 heavy (non-hydrogen) atoms. The van der Waals surface area contributed by atoms with E-state index in [1.165, 1.54) is 54.6 Å². The average molecular weight is 614 g/mol. The molecular weight excluding hydrogens is 583 g/mol. The van der Waals surface area contributed by atoms with Crippen LogP contribution in [0.5, 0.6) is 0 Å². The Labute approximate surface area is 279 Å². The minimum Gasteiger partial charge on any atom is -0.324 e. The summed E-state index contributed by atoms with van der Waals surface area (Å²) in [6.07, 6.45) is -0.381. The first kappa shape index (κ1) is 27.9. The van der Waals surface area contributed by atoms with Crippen LogP contribution in [-0.2, 0) is 0 Å². The summed E-state index contributed by atoms with van der Waals surface area (Å²) in [7, 11) is 0. The third-order valence-corrected chi connectivity index (χ3v) is 9.30. The molecule has 0 fully saturated rings. The zero-order valence-corrected chi connectivity index (χ0v) is 26.2. The molecule has 0 aromatic heterocycles. The maximum atomic E-state index is 5.17. The van der Waals surface area contributed by atoms with Gasteiger partial charge in [-0.25, -0.2) is 9.98 Å². The molecule has 3 nitrogen and oxygen atoms in total. The lowest BCUT2D eigenvalue weighted by Gasteiger charge is -2.23. The summed E-state index contributed by atoms with van der Waals surface area (Å²) in [5, 5.41) is 10.9. The van der Waals surface area contributed by atoms with Crippen molar-refractivity contribution in [2.75, 3.05) is 0 Å². The van der Waals surface area contributed by atoms with Crippen LogP contribution in [-0.4, -0.2) is 11.7 Å². The van der Waals surface area contributed by atoms with E-state index in [1.54, 1.807) is 0 Å². The summed E-state index contributed by atoms with van der Waals surface area (Å²) in [4.78, 5) is 10.3. The molecule has 1 atom stereocenters. The van der Waals surface area contributed by atoms with Crippen molar-refractivity contribution in [3.05, 3.63) is 193 Å². The molecule has 1 unspecified atom stereocenters. The number of amidine groups is 2. The molecule has 0 saturated heterocycles. The van der Waals surface area contributed by atoms with E-state index in [9.17, 15) is 0 Å². The molecule has 1 aliphatic heterocycles. The number of fused-ring (bicyclic) bond motifs is 3. The number of benzene rings is 8. The molecule has 3 heteroatoms. The summed E-state index contributed by atoms with van der Waals surface area (Å²) < 4.78 is 0. The van der Waals surface area contributed by atoms with Crippen LogP contribution in [0.1, 0.15) is 22.9 Å². The van der Waals surface area contributed by atoms with Gasteiger partial charge in [-0.2, -0.15) is 0 Å². The maximum absolute atomic E-state index is 5.17. The van der Waals surface area contributed by atoms with Gasteiger partial charge < -0.3 is 5.32 Å². The molecule has 0 saturated carbocycles. The first-order chi connectivity index (χ1) is 23.7. The molecule has 1 N–H and O–H groups in total. The van der Waals surface area contributed by atoms with E-state index in [4.69, 9.17) is 9.98 Å². The number of nitrogens with one attached hydrogen (secondary N) is 1. The second kappa shape index (κ2) is 11.8. The highest BCUT2D eigenvalue weighted by Crippen LogP contribution is 2.30. The fraction of sp³-hybridized carbons (Fsp3) is 0.0222. The topological polar surface area (TPSA) is 36.8 Å². The number of hydrogen-bond acceptors (Lipinski definition) is 3. The third kappa shape index (κ3) is 5.32. The standard InChI is InChI=1S/C45H31N3/c1-4-10-37-27-40(24-17-30(37)7-1)33-13-20-35(21-14-33)43-46-44(48-45(47-43)42-26-19-32-9-3-6-12-39(32)29-42)36-22-15-34(16-23-36)41-25-18-31-8-2-5-11-38(31)28-41/h1-29,43H,(H,46,47,48). The molecule has 0 aliphatic carbocycles. The van der Waals surface area contributed by atoms with Gasteiger partial charge in [0.25, 0.3) is 0 Å². The summed E-state index contributed by atoms with van der Waals surface area (Å²) in [5.41, 5.74) is 7.83. The first-order valence-corrected chi connectivity index (χ1v) is 16.3. The van der Waals surface area contributed by atoms with Gasteiger partial charge in [0.05, 0.1) is 0 Å². The quantitative estimate of drug-likeness (QED) is 0.206. The molecule has 1 aliphatic rings. The Morgan fingerprint density at radius 1 is 0.312 bits per heavy atom. The number of rotatable bonds is 5. The molecule has 0 spiro atoms. The first-order valence-electron chi connectivity index (χ1n) is 16.3. The number of nitrogens with zero attached hydrogens (tertiary/aromatic N) is 2. The fourth-order valence-electron chi connectivity index (χ4n) is 6.64. The van der Waals surface area contributed by atoms with Crippen LogP contribution in [0.4, 0.5) is 0 Å². The molecule has 8 aromatic carbocycles. The summed E-state index contributed by atoms with van der Waals surface area (Å²) in [6.45, 7) is 0. The normalized spacial score (nSPS) is 14.5. The number of aliphatic imine (C=N–C) groups is 2. The zero-order valence-electron chi connectivity index (χ0n) is 26.2. The van der Waals surface area contributed by atoms with Crippen molar-refractivity contribution >= 4 is 44.0 Å². The van der Waals surface area contributed by atoms with Crippen molar-refractivity contribution in [3.8, 4) is 22.3 Å². The lowest BCUT2D eigenvalue weighted by molar-refractivity contribution is 0.756. The molecule has 8 aromatic rings. The lowest BCUT2D eigenvalue weighted by Crippen LogP contribution is -2.36. The predicted octanol–water partition coefficient (Wildman–Crippen LogP) is 11.0. The Bertz CT molecular complexity index is 2530. The van der Waals surface area contributed by atoms with E-state index < -0.39 is 0 Å². The second-order valence-corrected chi connectivity index (χ2v) is 12.3. The highest BCUT2D eigenvalue weighted by molar-refractivity contribution is 6.16. The zero-order chi connectivity index (χ0) is 31.9. The molecular formula is C45H31N3. The van der Waals surface area contributed by atoms with Gasteiger partial charge in [0.1, 0.15) is 11.7 Å². The largest absolute Gasteiger partial charge is 0.324 e. The second-order valence-electron chi connectivity index (χ2n) is 12.3. The van der Waals surface area contributed by atoms with Crippen LogP contribution in [0, 0.1) is 0 Å². The Hall–Kier alpha value is -6.32. The molecule has 0 bridgehead atoms. The van der Waals surface area contributed by atoms with Crippen LogP contribution in [0.15, 0.2) is 186 Å². The molecule has 1 heterocycles. The SMILES string of the molecule is c1ccc2cc(C3=NC(c4ccc(-c5ccc6ccccc6c5)cc4)N=C(c4ccc(-c5ccc6ccccc6c5)cc4)N3)ccc2c1.